The molecule has 0 aliphatic carbocycles. The van der Waals surface area contributed by atoms with Gasteiger partial charge in [0.05, 0.1) is 12.8 Å². The van der Waals surface area contributed by atoms with Gasteiger partial charge in [-0.05, 0) is 24.3 Å². The van der Waals surface area contributed by atoms with Crippen molar-refractivity contribution in [3.63, 3.8) is 0 Å². The highest BCUT2D eigenvalue weighted by molar-refractivity contribution is 5.59. The number of rotatable bonds is 2. The van der Waals surface area contributed by atoms with Gasteiger partial charge in [0, 0.05) is 11.6 Å². The van der Waals surface area contributed by atoms with Crippen molar-refractivity contribution in [1.29, 1.82) is 5.26 Å². The Morgan fingerprint density at radius 3 is 2.65 bits per heavy atom. The van der Waals surface area contributed by atoms with Crippen molar-refractivity contribution in [2.75, 3.05) is 7.11 Å². The highest BCUT2D eigenvalue weighted by atomic mass is 16.5. The summed E-state index contributed by atoms with van der Waals surface area (Å²) in [4.78, 5) is 17.7. The van der Waals surface area contributed by atoms with E-state index >= 15 is 0 Å². The van der Waals surface area contributed by atoms with Crippen LogP contribution in [0.1, 0.15) is 5.82 Å². The second kappa shape index (κ2) is 4.49. The second-order valence-electron chi connectivity index (χ2n) is 3.32. The lowest BCUT2D eigenvalue weighted by molar-refractivity contribution is 0.415. The Balaban J connectivity index is 2.49. The lowest BCUT2D eigenvalue weighted by Gasteiger charge is -2.02. The highest BCUT2D eigenvalue weighted by Gasteiger charge is 2.03. The molecule has 2 rings (SSSR count). The molecule has 0 bridgehead atoms. The van der Waals surface area contributed by atoms with E-state index < -0.39 is 0 Å². The molecule has 2 aromatic rings. The average molecular weight is 227 g/mol. The van der Waals surface area contributed by atoms with Gasteiger partial charge in [-0.1, -0.05) is 0 Å². The summed E-state index contributed by atoms with van der Waals surface area (Å²) >= 11 is 0. The number of benzene rings is 1. The molecule has 0 atom stereocenters. The summed E-state index contributed by atoms with van der Waals surface area (Å²) in [6, 6.07) is 10.3. The van der Waals surface area contributed by atoms with E-state index in [1.165, 1.54) is 6.07 Å². The van der Waals surface area contributed by atoms with Crippen LogP contribution in [-0.2, 0) is 0 Å². The SMILES string of the molecule is COc1ccc(-c2cc(=O)[nH]c(C#N)n2)cc1. The smallest absolute Gasteiger partial charge is 0.252 e. The number of hydrogen-bond donors (Lipinski definition) is 1. The van der Waals surface area contributed by atoms with E-state index in [-0.39, 0.29) is 11.4 Å². The molecule has 0 unspecified atom stereocenters. The third kappa shape index (κ3) is 2.32. The van der Waals surface area contributed by atoms with Gasteiger partial charge in [0.15, 0.2) is 0 Å². The molecule has 0 aliphatic rings. The largest absolute Gasteiger partial charge is 0.497 e. The van der Waals surface area contributed by atoms with Gasteiger partial charge in [-0.15, -0.1) is 0 Å². The van der Waals surface area contributed by atoms with Crippen LogP contribution in [0.15, 0.2) is 35.1 Å². The van der Waals surface area contributed by atoms with E-state index in [2.05, 4.69) is 9.97 Å². The van der Waals surface area contributed by atoms with Gasteiger partial charge in [0.2, 0.25) is 5.82 Å². The topological polar surface area (TPSA) is 78.8 Å². The molecule has 1 aromatic heterocycles. The maximum atomic E-state index is 11.3. The molecule has 0 aliphatic heterocycles. The number of ether oxygens (including phenoxy) is 1. The second-order valence-corrected chi connectivity index (χ2v) is 3.32. The van der Waals surface area contributed by atoms with Crippen molar-refractivity contribution in [2.24, 2.45) is 0 Å². The molecule has 0 fully saturated rings. The van der Waals surface area contributed by atoms with Gasteiger partial charge >= 0.3 is 0 Å². The van der Waals surface area contributed by atoms with Gasteiger partial charge in [-0.25, -0.2) is 4.98 Å². The summed E-state index contributed by atoms with van der Waals surface area (Å²) in [5, 5.41) is 8.71. The third-order valence-electron chi connectivity index (χ3n) is 2.23. The van der Waals surface area contributed by atoms with Crippen LogP contribution in [0.25, 0.3) is 11.3 Å². The summed E-state index contributed by atoms with van der Waals surface area (Å²) in [5.74, 6) is 0.724. The van der Waals surface area contributed by atoms with Crippen molar-refractivity contribution in [1.82, 2.24) is 9.97 Å². The van der Waals surface area contributed by atoms with E-state index in [0.29, 0.717) is 5.69 Å². The lowest BCUT2D eigenvalue weighted by atomic mass is 10.1. The number of hydrogen-bond acceptors (Lipinski definition) is 4. The Morgan fingerprint density at radius 1 is 1.35 bits per heavy atom. The summed E-state index contributed by atoms with van der Waals surface area (Å²) in [5.41, 5.74) is 0.878. The quantitative estimate of drug-likeness (QED) is 0.839. The number of H-pyrrole nitrogens is 1. The van der Waals surface area contributed by atoms with Crippen LogP contribution in [0.2, 0.25) is 0 Å². The summed E-state index contributed by atoms with van der Waals surface area (Å²) in [6.45, 7) is 0. The fourth-order valence-corrected chi connectivity index (χ4v) is 1.42. The van der Waals surface area contributed by atoms with Crippen molar-refractivity contribution < 1.29 is 4.74 Å². The zero-order chi connectivity index (χ0) is 12.3. The first kappa shape index (κ1) is 10.9. The molecule has 0 saturated carbocycles. The maximum absolute atomic E-state index is 11.3. The van der Waals surface area contributed by atoms with E-state index in [9.17, 15) is 4.79 Å². The molecular formula is C12H9N3O2. The zero-order valence-electron chi connectivity index (χ0n) is 9.10. The molecule has 0 amide bonds. The van der Waals surface area contributed by atoms with Crippen molar-refractivity contribution >= 4 is 0 Å². The Bertz CT molecular complexity index is 623. The Kier molecular flexibility index (Phi) is 2.88. The molecule has 1 aromatic carbocycles. The Morgan fingerprint density at radius 2 is 2.06 bits per heavy atom. The number of nitrogens with one attached hydrogen (secondary N) is 1. The maximum Gasteiger partial charge on any atom is 0.252 e. The van der Waals surface area contributed by atoms with Crippen LogP contribution in [0.5, 0.6) is 5.75 Å². The predicted molar refractivity (Wildman–Crippen MR) is 61.6 cm³/mol. The molecular weight excluding hydrogens is 218 g/mol. The van der Waals surface area contributed by atoms with Gasteiger partial charge in [-0.3, -0.25) is 9.78 Å². The fourth-order valence-electron chi connectivity index (χ4n) is 1.42. The van der Waals surface area contributed by atoms with Gasteiger partial charge in [0.25, 0.3) is 5.56 Å². The Hall–Kier alpha value is -2.61. The fraction of sp³-hybridized carbons (Fsp3) is 0.0833. The van der Waals surface area contributed by atoms with Gasteiger partial charge in [0.1, 0.15) is 11.8 Å². The third-order valence-corrected chi connectivity index (χ3v) is 2.23. The van der Waals surface area contributed by atoms with E-state index in [4.69, 9.17) is 10.00 Å². The average Bonchev–Trinajstić information content (AvgIpc) is 2.38. The number of nitrogens with zero attached hydrogens (tertiary/aromatic N) is 2. The Labute approximate surface area is 97.3 Å². The van der Waals surface area contributed by atoms with Gasteiger partial charge in [-0.2, -0.15) is 5.26 Å². The van der Waals surface area contributed by atoms with Crippen LogP contribution in [0.4, 0.5) is 0 Å². The van der Waals surface area contributed by atoms with Gasteiger partial charge < -0.3 is 4.74 Å². The number of aromatic amines is 1. The van der Waals surface area contributed by atoms with Crippen LogP contribution in [0.3, 0.4) is 0 Å². The van der Waals surface area contributed by atoms with Crippen LogP contribution in [0, 0.1) is 11.3 Å². The standard InChI is InChI=1S/C12H9N3O2/c1-17-9-4-2-8(3-5-9)10-6-12(16)15-11(7-13)14-10/h2-6H,1H3,(H,14,15,16). The molecule has 0 radical (unpaired) electrons. The van der Waals surface area contributed by atoms with Crippen LogP contribution < -0.4 is 10.3 Å². The van der Waals surface area contributed by atoms with E-state index in [1.807, 2.05) is 6.07 Å². The first-order valence-corrected chi connectivity index (χ1v) is 4.89. The minimum Gasteiger partial charge on any atom is -0.497 e. The molecule has 1 heterocycles. The van der Waals surface area contributed by atoms with Crippen molar-refractivity contribution in [2.45, 2.75) is 0 Å². The summed E-state index contributed by atoms with van der Waals surface area (Å²) in [7, 11) is 1.58. The summed E-state index contributed by atoms with van der Waals surface area (Å²) < 4.78 is 5.03. The van der Waals surface area contributed by atoms with Crippen molar-refractivity contribution in [3.05, 3.63) is 46.5 Å². The normalized spacial score (nSPS) is 9.65. The number of aromatic nitrogens is 2. The molecule has 17 heavy (non-hydrogen) atoms. The molecule has 5 heteroatoms. The van der Waals surface area contributed by atoms with Crippen LogP contribution >= 0.6 is 0 Å². The predicted octanol–water partition coefficient (Wildman–Crippen LogP) is 1.32. The number of methoxy groups -OCH3 is 1. The van der Waals surface area contributed by atoms with E-state index in [0.717, 1.165) is 11.3 Å². The van der Waals surface area contributed by atoms with Crippen molar-refractivity contribution in [3.8, 4) is 23.1 Å². The minimum absolute atomic E-state index is 0.00307. The zero-order valence-corrected chi connectivity index (χ0v) is 9.10. The summed E-state index contributed by atoms with van der Waals surface area (Å²) in [6.07, 6.45) is 0. The van der Waals surface area contributed by atoms with Crippen LogP contribution in [-0.4, -0.2) is 17.1 Å². The van der Waals surface area contributed by atoms with E-state index in [1.54, 1.807) is 31.4 Å². The molecule has 0 saturated heterocycles. The molecule has 0 spiro atoms. The molecule has 84 valence electrons. The first-order valence-electron chi connectivity index (χ1n) is 4.89. The molecule has 1 N–H and O–H groups in total. The monoisotopic (exact) mass is 227 g/mol. The minimum atomic E-state index is -0.345. The highest BCUT2D eigenvalue weighted by Crippen LogP contribution is 2.19. The first-order chi connectivity index (χ1) is 8.22. The molecule has 5 nitrogen and oxygen atoms in total. The number of nitriles is 1. The lowest BCUT2D eigenvalue weighted by Crippen LogP contribution is -2.08.